The Hall–Kier alpha value is -2.58. The summed E-state index contributed by atoms with van der Waals surface area (Å²) in [5, 5.41) is 7.97. The summed E-state index contributed by atoms with van der Waals surface area (Å²) in [7, 11) is -0.753. The van der Waals surface area contributed by atoms with Crippen molar-refractivity contribution in [2.45, 2.75) is 31.6 Å². The molecular formula is C19H24N2O5S. The summed E-state index contributed by atoms with van der Waals surface area (Å²) < 4.78 is 33.9. The molecule has 0 radical (unpaired) electrons. The molecule has 2 aromatic carbocycles. The van der Waals surface area contributed by atoms with Crippen molar-refractivity contribution in [3.05, 3.63) is 47.0 Å². The van der Waals surface area contributed by atoms with Gasteiger partial charge in [-0.2, -0.15) is 0 Å². The highest BCUT2D eigenvalue weighted by atomic mass is 32.2. The first-order chi connectivity index (χ1) is 12.7. The van der Waals surface area contributed by atoms with Crippen LogP contribution in [0.1, 0.15) is 23.1 Å². The first kappa shape index (κ1) is 20.7. The largest absolute Gasteiger partial charge is 0.493 e. The molecule has 0 unspecified atom stereocenters. The lowest BCUT2D eigenvalue weighted by Crippen LogP contribution is -2.16. The summed E-state index contributed by atoms with van der Waals surface area (Å²) in [6.45, 7) is 3.57. The molecule has 7 nitrogen and oxygen atoms in total. The third kappa shape index (κ3) is 4.99. The van der Waals surface area contributed by atoms with E-state index in [9.17, 15) is 13.2 Å². The molecule has 0 aliphatic heterocycles. The minimum atomic E-state index is -3.85. The minimum absolute atomic E-state index is 0.0321. The average Bonchev–Trinajstić information content (AvgIpc) is 2.62. The third-order valence-corrected chi connectivity index (χ3v) is 5.24. The summed E-state index contributed by atoms with van der Waals surface area (Å²) in [6.07, 6.45) is 0.640. The van der Waals surface area contributed by atoms with E-state index < -0.39 is 10.0 Å². The van der Waals surface area contributed by atoms with Crippen molar-refractivity contribution >= 4 is 21.6 Å². The van der Waals surface area contributed by atoms with E-state index in [1.54, 1.807) is 27.2 Å². The number of hydrogen-bond acceptors (Lipinski definition) is 5. The lowest BCUT2D eigenvalue weighted by Gasteiger charge is -2.14. The zero-order valence-electron chi connectivity index (χ0n) is 15.8. The van der Waals surface area contributed by atoms with Crippen LogP contribution in [0.5, 0.6) is 11.5 Å². The van der Waals surface area contributed by atoms with Crippen molar-refractivity contribution in [2.24, 2.45) is 5.14 Å². The monoisotopic (exact) mass is 392 g/mol. The van der Waals surface area contributed by atoms with Gasteiger partial charge in [0.25, 0.3) is 0 Å². The van der Waals surface area contributed by atoms with E-state index in [0.29, 0.717) is 23.6 Å². The van der Waals surface area contributed by atoms with Crippen LogP contribution in [0.4, 0.5) is 5.69 Å². The maximum atomic E-state index is 12.4. The first-order valence-corrected chi connectivity index (χ1v) is 9.85. The minimum Gasteiger partial charge on any atom is -0.493 e. The normalized spacial score (nSPS) is 11.1. The number of anilines is 1. The molecule has 2 rings (SSSR count). The fourth-order valence-electron chi connectivity index (χ4n) is 2.73. The molecule has 2 aromatic rings. The van der Waals surface area contributed by atoms with Crippen molar-refractivity contribution < 1.29 is 22.7 Å². The molecule has 27 heavy (non-hydrogen) atoms. The standard InChI is InChI=1S/C19H24N2O5S/c1-12-10-15(27(20,23)24)11-16(13(12)2)21-18(22)9-8-14-6-5-7-17(25-3)19(14)26-4/h5-7,10-11H,8-9H2,1-4H3,(H,21,22)(H2,20,23,24). The smallest absolute Gasteiger partial charge is 0.238 e. The second-order valence-corrected chi connectivity index (χ2v) is 7.72. The zero-order valence-corrected chi connectivity index (χ0v) is 16.6. The van der Waals surface area contributed by atoms with Gasteiger partial charge in [-0.05, 0) is 55.2 Å². The van der Waals surface area contributed by atoms with Crippen LogP contribution in [0.15, 0.2) is 35.2 Å². The van der Waals surface area contributed by atoms with E-state index in [1.165, 1.54) is 12.1 Å². The Labute approximate surface area is 159 Å². The van der Waals surface area contributed by atoms with Gasteiger partial charge in [-0.25, -0.2) is 13.6 Å². The Kier molecular flexibility index (Phi) is 6.45. The average molecular weight is 392 g/mol. The van der Waals surface area contributed by atoms with E-state index in [2.05, 4.69) is 5.32 Å². The third-order valence-electron chi connectivity index (χ3n) is 4.35. The van der Waals surface area contributed by atoms with Crippen LogP contribution in [0.25, 0.3) is 0 Å². The van der Waals surface area contributed by atoms with Crippen molar-refractivity contribution in [1.29, 1.82) is 0 Å². The van der Waals surface area contributed by atoms with Crippen LogP contribution in [0, 0.1) is 13.8 Å². The summed E-state index contributed by atoms with van der Waals surface area (Å²) in [4.78, 5) is 12.4. The van der Waals surface area contributed by atoms with Crippen molar-refractivity contribution in [3.8, 4) is 11.5 Å². The van der Waals surface area contributed by atoms with Crippen molar-refractivity contribution in [1.82, 2.24) is 0 Å². The number of benzene rings is 2. The Morgan fingerprint density at radius 3 is 2.44 bits per heavy atom. The number of methoxy groups -OCH3 is 2. The highest BCUT2D eigenvalue weighted by molar-refractivity contribution is 7.89. The van der Waals surface area contributed by atoms with Crippen LogP contribution in [0.3, 0.4) is 0 Å². The number of nitrogens with one attached hydrogen (secondary N) is 1. The Balaban J connectivity index is 2.17. The molecule has 8 heteroatoms. The lowest BCUT2D eigenvalue weighted by molar-refractivity contribution is -0.116. The second-order valence-electron chi connectivity index (χ2n) is 6.16. The molecule has 0 aromatic heterocycles. The van der Waals surface area contributed by atoms with Crippen LogP contribution in [-0.2, 0) is 21.2 Å². The molecule has 146 valence electrons. The van der Waals surface area contributed by atoms with E-state index in [-0.39, 0.29) is 17.2 Å². The number of primary sulfonamides is 1. The fraction of sp³-hybridized carbons (Fsp3) is 0.316. The van der Waals surface area contributed by atoms with Crippen molar-refractivity contribution in [3.63, 3.8) is 0 Å². The van der Waals surface area contributed by atoms with Gasteiger partial charge in [0.1, 0.15) is 0 Å². The lowest BCUT2D eigenvalue weighted by atomic mass is 10.1. The van der Waals surface area contributed by atoms with Gasteiger partial charge >= 0.3 is 0 Å². The van der Waals surface area contributed by atoms with Gasteiger partial charge in [-0.3, -0.25) is 4.79 Å². The maximum Gasteiger partial charge on any atom is 0.238 e. The van der Waals surface area contributed by atoms with E-state index >= 15 is 0 Å². The molecule has 0 atom stereocenters. The number of para-hydroxylation sites is 1. The highest BCUT2D eigenvalue weighted by Gasteiger charge is 2.15. The second kappa shape index (κ2) is 8.41. The van der Waals surface area contributed by atoms with Gasteiger partial charge in [0.15, 0.2) is 11.5 Å². The molecule has 1 amide bonds. The number of carbonyl (C=O) groups is 1. The van der Waals surface area contributed by atoms with Gasteiger partial charge in [-0.15, -0.1) is 0 Å². The van der Waals surface area contributed by atoms with Gasteiger partial charge in [0, 0.05) is 12.1 Å². The van der Waals surface area contributed by atoms with Crippen LogP contribution in [-0.4, -0.2) is 28.5 Å². The van der Waals surface area contributed by atoms with Gasteiger partial charge < -0.3 is 14.8 Å². The molecule has 0 saturated carbocycles. The predicted molar refractivity (Wildman–Crippen MR) is 104 cm³/mol. The van der Waals surface area contributed by atoms with Crippen LogP contribution >= 0.6 is 0 Å². The van der Waals surface area contributed by atoms with Crippen LogP contribution < -0.4 is 19.9 Å². The number of nitrogens with two attached hydrogens (primary N) is 1. The Morgan fingerprint density at radius 2 is 1.85 bits per heavy atom. The maximum absolute atomic E-state index is 12.4. The first-order valence-electron chi connectivity index (χ1n) is 8.31. The predicted octanol–water partition coefficient (Wildman–Crippen LogP) is 2.54. The molecule has 3 N–H and O–H groups in total. The number of ether oxygens (including phenoxy) is 2. The molecule has 0 bridgehead atoms. The Bertz CT molecular complexity index is 955. The SMILES string of the molecule is COc1cccc(CCC(=O)Nc2cc(S(N)(=O)=O)cc(C)c2C)c1OC. The molecular weight excluding hydrogens is 368 g/mol. The number of aryl methyl sites for hydroxylation is 2. The molecule has 0 saturated heterocycles. The van der Waals surface area contributed by atoms with E-state index in [4.69, 9.17) is 14.6 Å². The summed E-state index contributed by atoms with van der Waals surface area (Å²) >= 11 is 0. The molecule has 0 heterocycles. The quantitative estimate of drug-likeness (QED) is 0.753. The summed E-state index contributed by atoms with van der Waals surface area (Å²) in [6, 6.07) is 8.35. The number of amides is 1. The molecule has 0 spiro atoms. The van der Waals surface area contributed by atoms with E-state index in [1.807, 2.05) is 19.1 Å². The van der Waals surface area contributed by atoms with Crippen LogP contribution in [0.2, 0.25) is 0 Å². The molecule has 0 aliphatic carbocycles. The Morgan fingerprint density at radius 1 is 1.15 bits per heavy atom. The highest BCUT2D eigenvalue weighted by Crippen LogP contribution is 2.31. The number of hydrogen-bond donors (Lipinski definition) is 2. The zero-order chi connectivity index (χ0) is 20.2. The number of rotatable bonds is 7. The topological polar surface area (TPSA) is 108 Å². The number of carbonyl (C=O) groups excluding carboxylic acids is 1. The van der Waals surface area contributed by atoms with Gasteiger partial charge in [0.2, 0.25) is 15.9 Å². The fourth-order valence-corrected chi connectivity index (χ4v) is 3.35. The molecule has 0 aliphatic rings. The molecule has 0 fully saturated rings. The van der Waals surface area contributed by atoms with Gasteiger partial charge in [0.05, 0.1) is 19.1 Å². The summed E-state index contributed by atoms with van der Waals surface area (Å²) in [5.74, 6) is 0.952. The van der Waals surface area contributed by atoms with Gasteiger partial charge in [-0.1, -0.05) is 12.1 Å². The number of sulfonamides is 1. The summed E-state index contributed by atoms with van der Waals surface area (Å²) in [5.41, 5.74) is 2.79. The van der Waals surface area contributed by atoms with Crippen molar-refractivity contribution in [2.75, 3.05) is 19.5 Å². The van der Waals surface area contributed by atoms with E-state index in [0.717, 1.165) is 16.7 Å².